The highest BCUT2D eigenvalue weighted by Crippen LogP contribution is 2.20. The van der Waals surface area contributed by atoms with Crippen LogP contribution in [0.25, 0.3) is 0 Å². The van der Waals surface area contributed by atoms with E-state index in [0.29, 0.717) is 12.3 Å². The molecule has 100 valence electrons. The predicted molar refractivity (Wildman–Crippen MR) is 73.2 cm³/mol. The standard InChI is InChI=1S/C15H18N2O2/c1-4-19-15(18)14-10-11(2)16-17(14)12(3)13-8-6-5-7-9-13/h5-10,12H,4H2,1-3H3. The topological polar surface area (TPSA) is 44.1 Å². The molecule has 1 aromatic carbocycles. The Balaban J connectivity index is 2.37. The minimum atomic E-state index is -0.328. The van der Waals surface area contributed by atoms with Gasteiger partial charge in [-0.05, 0) is 32.4 Å². The van der Waals surface area contributed by atoms with Gasteiger partial charge in [0.1, 0.15) is 5.69 Å². The SMILES string of the molecule is CCOC(=O)c1cc(C)nn1C(C)c1ccccc1. The van der Waals surface area contributed by atoms with E-state index in [-0.39, 0.29) is 12.0 Å². The number of esters is 1. The van der Waals surface area contributed by atoms with E-state index < -0.39 is 0 Å². The Morgan fingerprint density at radius 3 is 2.68 bits per heavy atom. The highest BCUT2D eigenvalue weighted by Gasteiger charge is 2.19. The molecule has 2 aromatic rings. The van der Waals surface area contributed by atoms with Crippen LogP contribution in [-0.4, -0.2) is 22.4 Å². The number of hydrogen-bond acceptors (Lipinski definition) is 3. The van der Waals surface area contributed by atoms with Crippen LogP contribution in [0.2, 0.25) is 0 Å². The normalized spacial score (nSPS) is 12.2. The van der Waals surface area contributed by atoms with Crippen molar-refractivity contribution in [2.45, 2.75) is 26.8 Å². The van der Waals surface area contributed by atoms with Crippen LogP contribution < -0.4 is 0 Å². The van der Waals surface area contributed by atoms with Gasteiger partial charge in [0.05, 0.1) is 18.3 Å². The van der Waals surface area contributed by atoms with Crippen LogP contribution in [0.15, 0.2) is 36.4 Å². The summed E-state index contributed by atoms with van der Waals surface area (Å²) in [6, 6.07) is 11.7. The number of aryl methyl sites for hydroxylation is 1. The number of benzene rings is 1. The smallest absolute Gasteiger partial charge is 0.356 e. The second-order valence-electron chi connectivity index (χ2n) is 4.42. The maximum Gasteiger partial charge on any atom is 0.356 e. The monoisotopic (exact) mass is 258 g/mol. The molecule has 1 heterocycles. The fraction of sp³-hybridized carbons (Fsp3) is 0.333. The summed E-state index contributed by atoms with van der Waals surface area (Å²) in [6.45, 7) is 6.05. The lowest BCUT2D eigenvalue weighted by Gasteiger charge is -2.15. The summed E-state index contributed by atoms with van der Waals surface area (Å²) in [5.41, 5.74) is 2.41. The maximum absolute atomic E-state index is 11.9. The molecule has 19 heavy (non-hydrogen) atoms. The van der Waals surface area contributed by atoms with Gasteiger partial charge in [-0.3, -0.25) is 4.68 Å². The van der Waals surface area contributed by atoms with Gasteiger partial charge in [0, 0.05) is 0 Å². The molecule has 2 rings (SSSR count). The van der Waals surface area contributed by atoms with E-state index >= 15 is 0 Å². The van der Waals surface area contributed by atoms with E-state index in [9.17, 15) is 4.79 Å². The summed E-state index contributed by atoms with van der Waals surface area (Å²) in [7, 11) is 0. The number of aromatic nitrogens is 2. The Labute approximate surface area is 113 Å². The van der Waals surface area contributed by atoms with E-state index in [0.717, 1.165) is 11.3 Å². The van der Waals surface area contributed by atoms with Crippen molar-refractivity contribution in [3.8, 4) is 0 Å². The van der Waals surface area contributed by atoms with Crippen molar-refractivity contribution in [3.05, 3.63) is 53.3 Å². The first-order valence-electron chi connectivity index (χ1n) is 6.41. The zero-order valence-electron chi connectivity index (χ0n) is 11.5. The lowest BCUT2D eigenvalue weighted by molar-refractivity contribution is 0.0510. The predicted octanol–water partition coefficient (Wildman–Crippen LogP) is 2.98. The molecule has 1 unspecified atom stereocenters. The number of carbonyl (C=O) groups excluding carboxylic acids is 1. The lowest BCUT2D eigenvalue weighted by atomic mass is 10.1. The maximum atomic E-state index is 11.9. The van der Waals surface area contributed by atoms with Crippen LogP contribution in [0.5, 0.6) is 0 Å². The van der Waals surface area contributed by atoms with Gasteiger partial charge < -0.3 is 4.74 Å². The molecule has 0 aliphatic carbocycles. The third-order valence-electron chi connectivity index (χ3n) is 2.99. The van der Waals surface area contributed by atoms with E-state index in [2.05, 4.69) is 5.10 Å². The molecule has 0 amide bonds. The minimum absolute atomic E-state index is 0.00527. The van der Waals surface area contributed by atoms with Crippen molar-refractivity contribution >= 4 is 5.97 Å². The molecule has 0 N–H and O–H groups in total. The molecule has 0 fully saturated rings. The molecular weight excluding hydrogens is 240 g/mol. The second kappa shape index (κ2) is 5.69. The van der Waals surface area contributed by atoms with Crippen LogP contribution in [-0.2, 0) is 4.74 Å². The third kappa shape index (κ3) is 2.84. The van der Waals surface area contributed by atoms with Crippen LogP contribution in [0.1, 0.15) is 41.6 Å². The van der Waals surface area contributed by atoms with Gasteiger partial charge in [0.15, 0.2) is 0 Å². The fourth-order valence-electron chi connectivity index (χ4n) is 2.04. The molecule has 0 aliphatic heterocycles. The van der Waals surface area contributed by atoms with Crippen molar-refractivity contribution < 1.29 is 9.53 Å². The van der Waals surface area contributed by atoms with Crippen LogP contribution in [0.3, 0.4) is 0 Å². The Hall–Kier alpha value is -2.10. The first-order chi connectivity index (χ1) is 9.13. The average Bonchev–Trinajstić information content (AvgIpc) is 2.81. The van der Waals surface area contributed by atoms with Crippen molar-refractivity contribution in [1.29, 1.82) is 0 Å². The van der Waals surface area contributed by atoms with Gasteiger partial charge >= 0.3 is 5.97 Å². The number of hydrogen-bond donors (Lipinski definition) is 0. The molecule has 0 aliphatic rings. The number of rotatable bonds is 4. The van der Waals surface area contributed by atoms with Gasteiger partial charge in [-0.25, -0.2) is 4.79 Å². The summed E-state index contributed by atoms with van der Waals surface area (Å²) in [4.78, 5) is 11.9. The van der Waals surface area contributed by atoms with Crippen LogP contribution in [0.4, 0.5) is 0 Å². The summed E-state index contributed by atoms with van der Waals surface area (Å²) >= 11 is 0. The molecule has 0 saturated heterocycles. The molecule has 0 radical (unpaired) electrons. The molecule has 4 heteroatoms. The second-order valence-corrected chi connectivity index (χ2v) is 4.42. The van der Waals surface area contributed by atoms with Crippen molar-refractivity contribution in [2.75, 3.05) is 6.61 Å². The average molecular weight is 258 g/mol. The molecule has 1 aromatic heterocycles. The summed E-state index contributed by atoms with van der Waals surface area (Å²) in [5, 5.41) is 4.41. The third-order valence-corrected chi connectivity index (χ3v) is 2.99. The molecule has 0 spiro atoms. The summed E-state index contributed by atoms with van der Waals surface area (Å²) < 4.78 is 6.79. The van der Waals surface area contributed by atoms with Crippen LogP contribution in [0, 0.1) is 6.92 Å². The highest BCUT2D eigenvalue weighted by atomic mass is 16.5. The van der Waals surface area contributed by atoms with Gasteiger partial charge in [0.25, 0.3) is 0 Å². The number of carbonyl (C=O) groups is 1. The highest BCUT2D eigenvalue weighted by molar-refractivity contribution is 5.87. The van der Waals surface area contributed by atoms with E-state index in [1.165, 1.54) is 0 Å². The van der Waals surface area contributed by atoms with Gasteiger partial charge in [-0.15, -0.1) is 0 Å². The zero-order valence-corrected chi connectivity index (χ0v) is 11.5. The lowest BCUT2D eigenvalue weighted by Crippen LogP contribution is -2.17. The van der Waals surface area contributed by atoms with Gasteiger partial charge in [-0.1, -0.05) is 30.3 Å². The molecular formula is C15H18N2O2. The van der Waals surface area contributed by atoms with E-state index in [1.807, 2.05) is 44.2 Å². The fourth-order valence-corrected chi connectivity index (χ4v) is 2.04. The largest absolute Gasteiger partial charge is 0.461 e. The molecule has 1 atom stereocenters. The van der Waals surface area contributed by atoms with Gasteiger partial charge in [0.2, 0.25) is 0 Å². The first kappa shape index (κ1) is 13.3. The Bertz CT molecular complexity index is 561. The minimum Gasteiger partial charge on any atom is -0.461 e. The Morgan fingerprint density at radius 1 is 1.37 bits per heavy atom. The van der Waals surface area contributed by atoms with Crippen molar-refractivity contribution in [1.82, 2.24) is 9.78 Å². The quantitative estimate of drug-likeness (QED) is 0.792. The number of nitrogens with zero attached hydrogens (tertiary/aromatic N) is 2. The van der Waals surface area contributed by atoms with Crippen molar-refractivity contribution in [3.63, 3.8) is 0 Å². The number of ether oxygens (including phenoxy) is 1. The zero-order chi connectivity index (χ0) is 13.8. The molecule has 4 nitrogen and oxygen atoms in total. The first-order valence-corrected chi connectivity index (χ1v) is 6.41. The van der Waals surface area contributed by atoms with Gasteiger partial charge in [-0.2, -0.15) is 5.10 Å². The van der Waals surface area contributed by atoms with E-state index in [4.69, 9.17) is 4.74 Å². The molecule has 0 bridgehead atoms. The van der Waals surface area contributed by atoms with Crippen molar-refractivity contribution in [2.24, 2.45) is 0 Å². The van der Waals surface area contributed by atoms with Crippen LogP contribution >= 0.6 is 0 Å². The Morgan fingerprint density at radius 2 is 2.05 bits per heavy atom. The molecule has 0 saturated carbocycles. The summed E-state index contributed by atoms with van der Waals surface area (Å²) in [5.74, 6) is -0.328. The Kier molecular flexibility index (Phi) is 4.00. The van der Waals surface area contributed by atoms with E-state index in [1.54, 1.807) is 17.7 Å². The summed E-state index contributed by atoms with van der Waals surface area (Å²) in [6.07, 6.45) is 0.